The number of aliphatic carboxylic acids is 1. The number of rotatable bonds is 3. The first-order valence-electron chi connectivity index (χ1n) is 6.06. The molecule has 5 nitrogen and oxygen atoms in total. The fourth-order valence-corrected chi connectivity index (χ4v) is 3.42. The first kappa shape index (κ1) is 14.1. The molecule has 2 heterocycles. The van der Waals surface area contributed by atoms with Crippen LogP contribution in [0, 0.1) is 0 Å². The SMILES string of the molecule is NC(C(=O)O)c1csc(-c2nc3ccccc3cc2Br)n1. The lowest BCUT2D eigenvalue weighted by Crippen LogP contribution is -2.20. The van der Waals surface area contributed by atoms with Crippen LogP contribution >= 0.6 is 27.3 Å². The maximum atomic E-state index is 10.9. The minimum Gasteiger partial charge on any atom is -0.480 e. The molecule has 3 rings (SSSR count). The van der Waals surface area contributed by atoms with Gasteiger partial charge in [0.15, 0.2) is 0 Å². The number of fused-ring (bicyclic) bond motifs is 1. The molecule has 0 aliphatic rings. The van der Waals surface area contributed by atoms with Crippen LogP contribution in [0.25, 0.3) is 21.6 Å². The summed E-state index contributed by atoms with van der Waals surface area (Å²) in [4.78, 5) is 19.8. The number of nitrogens with zero attached hydrogens (tertiary/aromatic N) is 2. The highest BCUT2D eigenvalue weighted by atomic mass is 79.9. The Hall–Kier alpha value is -1.83. The number of thiazole rings is 1. The zero-order chi connectivity index (χ0) is 15.0. The van der Waals surface area contributed by atoms with Crippen LogP contribution in [0.2, 0.25) is 0 Å². The molecular weight excluding hydrogens is 354 g/mol. The fourth-order valence-electron chi connectivity index (χ4n) is 1.90. The van der Waals surface area contributed by atoms with E-state index in [9.17, 15) is 4.79 Å². The Kier molecular flexibility index (Phi) is 3.71. The minimum absolute atomic E-state index is 0.337. The van der Waals surface area contributed by atoms with E-state index in [4.69, 9.17) is 10.8 Å². The van der Waals surface area contributed by atoms with Crippen LogP contribution in [0.1, 0.15) is 11.7 Å². The van der Waals surface area contributed by atoms with Gasteiger partial charge in [0, 0.05) is 15.2 Å². The van der Waals surface area contributed by atoms with Crippen LogP contribution in [0.3, 0.4) is 0 Å². The van der Waals surface area contributed by atoms with E-state index in [0.717, 1.165) is 15.4 Å². The molecule has 0 saturated heterocycles. The van der Waals surface area contributed by atoms with Crippen molar-refractivity contribution in [3.63, 3.8) is 0 Å². The molecular formula is C14H10BrN3O2S. The van der Waals surface area contributed by atoms with Gasteiger partial charge in [-0.1, -0.05) is 18.2 Å². The third kappa shape index (κ3) is 2.67. The number of carbonyl (C=O) groups is 1. The lowest BCUT2D eigenvalue weighted by atomic mass is 10.2. The molecule has 1 aromatic carbocycles. The van der Waals surface area contributed by atoms with Crippen LogP contribution in [-0.4, -0.2) is 21.0 Å². The van der Waals surface area contributed by atoms with Gasteiger partial charge in [0.25, 0.3) is 0 Å². The van der Waals surface area contributed by atoms with Crippen LogP contribution in [0.4, 0.5) is 0 Å². The Morgan fingerprint density at radius 3 is 2.86 bits per heavy atom. The van der Waals surface area contributed by atoms with Crippen molar-refractivity contribution in [2.24, 2.45) is 5.73 Å². The zero-order valence-electron chi connectivity index (χ0n) is 10.7. The average Bonchev–Trinajstić information content (AvgIpc) is 2.95. The highest BCUT2D eigenvalue weighted by molar-refractivity contribution is 9.10. The summed E-state index contributed by atoms with van der Waals surface area (Å²) in [7, 11) is 0. The van der Waals surface area contributed by atoms with Crippen molar-refractivity contribution < 1.29 is 9.90 Å². The van der Waals surface area contributed by atoms with Gasteiger partial charge >= 0.3 is 5.97 Å². The Morgan fingerprint density at radius 1 is 1.33 bits per heavy atom. The first-order valence-corrected chi connectivity index (χ1v) is 7.73. The van der Waals surface area contributed by atoms with Gasteiger partial charge in [-0.15, -0.1) is 11.3 Å². The number of carboxylic acid groups (broad SMARTS) is 1. The number of carboxylic acids is 1. The van der Waals surface area contributed by atoms with Crippen molar-refractivity contribution in [2.75, 3.05) is 0 Å². The van der Waals surface area contributed by atoms with Gasteiger partial charge in [-0.05, 0) is 28.1 Å². The second-order valence-corrected chi connectivity index (χ2v) is 6.12. The number of hydrogen-bond acceptors (Lipinski definition) is 5. The van der Waals surface area contributed by atoms with Gasteiger partial charge in [0.1, 0.15) is 16.7 Å². The lowest BCUT2D eigenvalue weighted by molar-refractivity contribution is -0.138. The third-order valence-corrected chi connectivity index (χ3v) is 4.46. The second-order valence-electron chi connectivity index (χ2n) is 4.40. The van der Waals surface area contributed by atoms with Crippen LogP contribution in [-0.2, 0) is 4.79 Å². The molecule has 0 spiro atoms. The largest absolute Gasteiger partial charge is 0.480 e. The molecule has 0 saturated carbocycles. The van der Waals surface area contributed by atoms with Crippen molar-refractivity contribution in [2.45, 2.75) is 6.04 Å². The predicted octanol–water partition coefficient (Wildman–Crippen LogP) is 3.21. The molecule has 0 fully saturated rings. The molecule has 0 aliphatic carbocycles. The first-order chi connectivity index (χ1) is 10.1. The summed E-state index contributed by atoms with van der Waals surface area (Å²) in [5, 5.41) is 12.2. The number of nitrogens with two attached hydrogens (primary N) is 1. The van der Waals surface area contributed by atoms with Crippen LogP contribution in [0.15, 0.2) is 40.2 Å². The molecule has 0 radical (unpaired) electrons. The quantitative estimate of drug-likeness (QED) is 0.745. The van der Waals surface area contributed by atoms with Crippen molar-refractivity contribution >= 4 is 44.1 Å². The second kappa shape index (κ2) is 5.51. The Morgan fingerprint density at radius 2 is 2.10 bits per heavy atom. The van der Waals surface area contributed by atoms with E-state index < -0.39 is 12.0 Å². The van der Waals surface area contributed by atoms with E-state index in [2.05, 4.69) is 25.9 Å². The standard InChI is InChI=1S/C14H10BrN3O2S/c15-8-5-7-3-1-2-4-9(7)17-12(8)13-18-10(6-21-13)11(16)14(19)20/h1-6,11H,16H2,(H,19,20). The van der Waals surface area contributed by atoms with Gasteiger partial charge < -0.3 is 10.8 Å². The fraction of sp³-hybridized carbons (Fsp3) is 0.0714. The van der Waals surface area contributed by atoms with Crippen molar-refractivity contribution in [1.82, 2.24) is 9.97 Å². The molecule has 2 aromatic heterocycles. The Labute approximate surface area is 132 Å². The number of halogens is 1. The number of pyridine rings is 1. The smallest absolute Gasteiger partial charge is 0.326 e. The van der Waals surface area contributed by atoms with Gasteiger partial charge in [-0.3, -0.25) is 4.79 Å². The summed E-state index contributed by atoms with van der Waals surface area (Å²) >= 11 is 4.81. The highest BCUT2D eigenvalue weighted by Gasteiger charge is 2.19. The molecule has 7 heteroatoms. The summed E-state index contributed by atoms with van der Waals surface area (Å²) < 4.78 is 0.811. The highest BCUT2D eigenvalue weighted by Crippen LogP contribution is 2.32. The van der Waals surface area contributed by atoms with Crippen LogP contribution in [0.5, 0.6) is 0 Å². The third-order valence-electron chi connectivity index (χ3n) is 2.99. The number of hydrogen-bond donors (Lipinski definition) is 2. The van der Waals surface area contributed by atoms with Gasteiger partial charge in [0.2, 0.25) is 0 Å². The minimum atomic E-state index is -1.12. The van der Waals surface area contributed by atoms with Gasteiger partial charge in [-0.25, -0.2) is 9.97 Å². The predicted molar refractivity (Wildman–Crippen MR) is 85.1 cm³/mol. The summed E-state index contributed by atoms with van der Waals surface area (Å²) in [6.45, 7) is 0. The van der Waals surface area contributed by atoms with Crippen molar-refractivity contribution in [3.8, 4) is 10.7 Å². The van der Waals surface area contributed by atoms with Gasteiger partial charge in [-0.2, -0.15) is 0 Å². The number of benzene rings is 1. The van der Waals surface area contributed by atoms with E-state index in [1.54, 1.807) is 5.38 Å². The molecule has 1 atom stereocenters. The maximum absolute atomic E-state index is 10.9. The molecule has 106 valence electrons. The lowest BCUT2D eigenvalue weighted by Gasteiger charge is -2.04. The molecule has 0 amide bonds. The normalized spacial score (nSPS) is 12.5. The van der Waals surface area contributed by atoms with E-state index in [0.29, 0.717) is 16.4 Å². The summed E-state index contributed by atoms with van der Waals surface area (Å²) in [6.07, 6.45) is 0. The Bertz CT molecular complexity index is 834. The van der Waals surface area contributed by atoms with Gasteiger partial charge in [0.05, 0.1) is 11.2 Å². The van der Waals surface area contributed by atoms with E-state index in [-0.39, 0.29) is 0 Å². The monoisotopic (exact) mass is 363 g/mol. The van der Waals surface area contributed by atoms with E-state index >= 15 is 0 Å². The summed E-state index contributed by atoms with van der Waals surface area (Å²) in [6, 6.07) is 8.61. The molecule has 3 aromatic rings. The topological polar surface area (TPSA) is 89.1 Å². The maximum Gasteiger partial charge on any atom is 0.326 e. The van der Waals surface area contributed by atoms with E-state index in [1.807, 2.05) is 30.3 Å². The van der Waals surface area contributed by atoms with Crippen LogP contribution < -0.4 is 5.73 Å². The van der Waals surface area contributed by atoms with E-state index in [1.165, 1.54) is 11.3 Å². The molecule has 3 N–H and O–H groups in total. The molecule has 21 heavy (non-hydrogen) atoms. The van der Waals surface area contributed by atoms with Crippen molar-refractivity contribution in [1.29, 1.82) is 0 Å². The number of aromatic nitrogens is 2. The summed E-state index contributed by atoms with van der Waals surface area (Å²) in [5.41, 5.74) is 7.45. The molecule has 0 aliphatic heterocycles. The van der Waals surface area contributed by atoms with Crippen molar-refractivity contribution in [3.05, 3.63) is 45.9 Å². The average molecular weight is 364 g/mol. The molecule has 0 bridgehead atoms. The molecule has 1 unspecified atom stereocenters. The zero-order valence-corrected chi connectivity index (χ0v) is 13.1. The summed E-state index contributed by atoms with van der Waals surface area (Å²) in [5.74, 6) is -1.10. The number of para-hydroxylation sites is 1. The Balaban J connectivity index is 2.08.